The van der Waals surface area contributed by atoms with E-state index in [9.17, 15) is 0 Å². The molecule has 6 nitrogen and oxygen atoms in total. The van der Waals surface area contributed by atoms with E-state index in [0.29, 0.717) is 5.92 Å². The van der Waals surface area contributed by atoms with E-state index in [1.54, 1.807) is 17.2 Å². The molecule has 2 aromatic carbocycles. The molecular weight excluding hydrogens is 360 g/mol. The Bertz CT molecular complexity index is 1170. The molecule has 1 N–H and O–H groups in total. The average molecular weight is 385 g/mol. The fourth-order valence-corrected chi connectivity index (χ4v) is 4.40. The molecule has 5 rings (SSSR count). The number of imidazole rings is 1. The maximum absolute atomic E-state index is 5.05. The minimum Gasteiger partial charge on any atom is -0.359 e. The number of hydrogen-bond acceptors (Lipinski definition) is 4. The largest absolute Gasteiger partial charge is 0.359 e. The zero-order valence-corrected chi connectivity index (χ0v) is 17.3. The van der Waals surface area contributed by atoms with Crippen molar-refractivity contribution in [1.82, 2.24) is 25.0 Å². The maximum Gasteiger partial charge on any atom is 0.130 e. The van der Waals surface area contributed by atoms with E-state index in [4.69, 9.17) is 4.98 Å². The molecule has 0 spiro atoms. The smallest absolute Gasteiger partial charge is 0.130 e. The Hall–Kier alpha value is -3.15. The van der Waals surface area contributed by atoms with Gasteiger partial charge < -0.3 is 9.88 Å². The highest BCUT2D eigenvalue weighted by Crippen LogP contribution is 2.42. The third kappa shape index (κ3) is 2.90. The fraction of sp³-hybridized carbons (Fsp3) is 0.348. The van der Waals surface area contributed by atoms with Crippen molar-refractivity contribution in [3.63, 3.8) is 0 Å². The first-order chi connectivity index (χ1) is 14.0. The second-order valence-corrected chi connectivity index (χ2v) is 8.16. The van der Waals surface area contributed by atoms with Crippen molar-refractivity contribution in [3.8, 4) is 5.69 Å². The van der Waals surface area contributed by atoms with Gasteiger partial charge in [-0.25, -0.2) is 4.98 Å². The average Bonchev–Trinajstić information content (AvgIpc) is 3.44. The first-order valence-electron chi connectivity index (χ1n) is 10.1. The Kier molecular flexibility index (Phi) is 4.15. The summed E-state index contributed by atoms with van der Waals surface area (Å²) < 4.78 is 0. The second kappa shape index (κ2) is 6.72. The van der Waals surface area contributed by atoms with Gasteiger partial charge >= 0.3 is 0 Å². The van der Waals surface area contributed by atoms with Gasteiger partial charge in [-0.3, -0.25) is 0 Å². The van der Waals surface area contributed by atoms with Crippen LogP contribution >= 0.6 is 0 Å². The van der Waals surface area contributed by atoms with Crippen LogP contribution in [0.4, 0.5) is 5.69 Å². The fourth-order valence-electron chi connectivity index (χ4n) is 4.40. The Morgan fingerprint density at radius 3 is 2.72 bits per heavy atom. The molecule has 0 bridgehead atoms. The highest BCUT2D eigenvalue weighted by Gasteiger charge is 2.36. The number of aromatic nitrogens is 5. The molecule has 1 aliphatic rings. The molecule has 4 aromatic rings. The molecular formula is C23H25N6. The van der Waals surface area contributed by atoms with Crippen molar-refractivity contribution in [2.45, 2.75) is 40.2 Å². The van der Waals surface area contributed by atoms with E-state index < -0.39 is 0 Å². The number of aromatic amines is 1. The molecule has 0 unspecified atom stereocenters. The Balaban J connectivity index is 1.64. The SMILES string of the molecule is Cc1c[c]c(-n2nccn2)c(N2CC[C@H](C)[C@H]2c2nc3c(C)c(C)ccc3[nH]2)c1. The normalized spacial score (nSPS) is 19.4. The van der Waals surface area contributed by atoms with Crippen LogP contribution in [0.25, 0.3) is 16.7 Å². The zero-order valence-electron chi connectivity index (χ0n) is 17.3. The minimum absolute atomic E-state index is 0.173. The van der Waals surface area contributed by atoms with Gasteiger partial charge in [0, 0.05) is 12.6 Å². The topological polar surface area (TPSA) is 62.6 Å². The summed E-state index contributed by atoms with van der Waals surface area (Å²) in [6, 6.07) is 12.0. The van der Waals surface area contributed by atoms with Gasteiger partial charge in [-0.05, 0) is 68.0 Å². The molecule has 0 aliphatic carbocycles. The number of rotatable bonds is 3. The molecule has 3 heterocycles. The predicted molar refractivity (Wildman–Crippen MR) is 114 cm³/mol. The lowest BCUT2D eigenvalue weighted by Gasteiger charge is -2.29. The van der Waals surface area contributed by atoms with Crippen LogP contribution in [0.3, 0.4) is 0 Å². The number of aryl methyl sites for hydroxylation is 3. The molecule has 2 atom stereocenters. The zero-order chi connectivity index (χ0) is 20.1. The van der Waals surface area contributed by atoms with Crippen LogP contribution in [0.2, 0.25) is 0 Å². The van der Waals surface area contributed by atoms with Crippen molar-refractivity contribution in [2.75, 3.05) is 11.4 Å². The summed E-state index contributed by atoms with van der Waals surface area (Å²) >= 11 is 0. The highest BCUT2D eigenvalue weighted by molar-refractivity contribution is 5.80. The van der Waals surface area contributed by atoms with E-state index in [-0.39, 0.29) is 6.04 Å². The lowest BCUT2D eigenvalue weighted by molar-refractivity contribution is 0.513. The summed E-state index contributed by atoms with van der Waals surface area (Å²) in [5, 5.41) is 8.69. The molecule has 1 saturated heterocycles. The van der Waals surface area contributed by atoms with Crippen LogP contribution in [0, 0.1) is 32.8 Å². The van der Waals surface area contributed by atoms with Crippen LogP contribution in [0.1, 0.15) is 41.9 Å². The van der Waals surface area contributed by atoms with E-state index in [1.807, 2.05) is 6.07 Å². The third-order valence-corrected chi connectivity index (χ3v) is 6.15. The standard InChI is InChI=1S/C23H25N6/c1-14-5-8-19(29-24-10-11-25-29)20(13-14)28-12-9-16(3)22(28)23-26-18-7-6-15(2)17(4)21(18)27-23/h5-7,10-11,13,16,22H,9,12H2,1-4H3,(H,26,27)/t16-,22-/m0/s1. The van der Waals surface area contributed by atoms with Crippen molar-refractivity contribution in [3.05, 3.63) is 65.2 Å². The van der Waals surface area contributed by atoms with Gasteiger partial charge in [0.15, 0.2) is 0 Å². The monoisotopic (exact) mass is 385 g/mol. The van der Waals surface area contributed by atoms with Crippen LogP contribution in [-0.4, -0.2) is 31.5 Å². The summed E-state index contributed by atoms with van der Waals surface area (Å²) in [4.78, 5) is 12.7. The van der Waals surface area contributed by atoms with E-state index >= 15 is 0 Å². The molecule has 6 heteroatoms. The minimum atomic E-state index is 0.173. The van der Waals surface area contributed by atoms with Gasteiger partial charge in [-0.15, -0.1) is 4.80 Å². The van der Waals surface area contributed by atoms with Gasteiger partial charge in [0.25, 0.3) is 0 Å². The summed E-state index contributed by atoms with van der Waals surface area (Å²) in [5.74, 6) is 1.51. The highest BCUT2D eigenvalue weighted by atomic mass is 15.5. The number of anilines is 1. The Morgan fingerprint density at radius 1 is 1.14 bits per heavy atom. The van der Waals surface area contributed by atoms with E-state index in [0.717, 1.165) is 41.2 Å². The molecule has 147 valence electrons. The van der Waals surface area contributed by atoms with Gasteiger partial charge in [0.05, 0.1) is 35.2 Å². The summed E-state index contributed by atoms with van der Waals surface area (Å²) in [7, 11) is 0. The van der Waals surface area contributed by atoms with Crippen LogP contribution in [-0.2, 0) is 0 Å². The number of nitrogens with one attached hydrogen (secondary N) is 1. The first-order valence-corrected chi connectivity index (χ1v) is 10.1. The first kappa shape index (κ1) is 17.9. The van der Waals surface area contributed by atoms with Crippen molar-refractivity contribution < 1.29 is 0 Å². The molecule has 0 saturated carbocycles. The van der Waals surface area contributed by atoms with Gasteiger partial charge in [-0.1, -0.05) is 13.0 Å². The third-order valence-electron chi connectivity index (χ3n) is 6.15. The number of hydrogen-bond donors (Lipinski definition) is 1. The lowest BCUT2D eigenvalue weighted by Crippen LogP contribution is -2.27. The number of fused-ring (bicyclic) bond motifs is 1. The van der Waals surface area contributed by atoms with Gasteiger partial charge in [0.1, 0.15) is 11.5 Å². The van der Waals surface area contributed by atoms with Crippen LogP contribution in [0.15, 0.2) is 36.7 Å². The quantitative estimate of drug-likeness (QED) is 0.566. The molecule has 0 amide bonds. The van der Waals surface area contributed by atoms with Crippen molar-refractivity contribution >= 4 is 16.7 Å². The summed E-state index contributed by atoms with van der Waals surface area (Å²) in [6.07, 6.45) is 4.51. The molecule has 1 fully saturated rings. The Morgan fingerprint density at radius 2 is 1.93 bits per heavy atom. The molecule has 29 heavy (non-hydrogen) atoms. The Labute approximate surface area is 170 Å². The number of H-pyrrole nitrogens is 1. The molecule has 1 aliphatic heterocycles. The van der Waals surface area contributed by atoms with Crippen LogP contribution < -0.4 is 4.90 Å². The van der Waals surface area contributed by atoms with E-state index in [1.165, 1.54) is 16.7 Å². The second-order valence-electron chi connectivity index (χ2n) is 8.16. The van der Waals surface area contributed by atoms with Gasteiger partial charge in [-0.2, -0.15) is 10.2 Å². The van der Waals surface area contributed by atoms with Crippen molar-refractivity contribution in [1.29, 1.82) is 0 Å². The lowest BCUT2D eigenvalue weighted by atomic mass is 10.0. The van der Waals surface area contributed by atoms with E-state index in [2.05, 4.69) is 72.0 Å². The number of benzene rings is 2. The van der Waals surface area contributed by atoms with Gasteiger partial charge in [0.2, 0.25) is 0 Å². The maximum atomic E-state index is 5.05. The molecule has 2 aromatic heterocycles. The number of nitrogens with zero attached hydrogens (tertiary/aromatic N) is 5. The molecule has 1 radical (unpaired) electrons. The summed E-state index contributed by atoms with van der Waals surface area (Å²) in [5.41, 5.74) is 7.84. The predicted octanol–water partition coefficient (Wildman–Crippen LogP) is 4.46. The van der Waals surface area contributed by atoms with Crippen molar-refractivity contribution in [2.24, 2.45) is 5.92 Å². The van der Waals surface area contributed by atoms with Crippen LogP contribution in [0.5, 0.6) is 0 Å². The summed E-state index contributed by atoms with van der Waals surface area (Å²) in [6.45, 7) is 9.66.